The summed E-state index contributed by atoms with van der Waals surface area (Å²) in [4.78, 5) is 24.5. The van der Waals surface area contributed by atoms with Crippen molar-refractivity contribution in [2.45, 2.75) is 53.1 Å². The molecule has 0 saturated carbocycles. The summed E-state index contributed by atoms with van der Waals surface area (Å²) < 4.78 is 0. The molecule has 6 heteroatoms. The van der Waals surface area contributed by atoms with Gasteiger partial charge >= 0.3 is 0 Å². The first-order valence-electron chi connectivity index (χ1n) is 8.67. The summed E-state index contributed by atoms with van der Waals surface area (Å²) in [6, 6.07) is 6.74. The lowest BCUT2D eigenvalue weighted by Gasteiger charge is -2.27. The second kappa shape index (κ2) is 11.1. The van der Waals surface area contributed by atoms with E-state index < -0.39 is 6.04 Å². The maximum Gasteiger partial charge on any atom is 0.251 e. The van der Waals surface area contributed by atoms with Gasteiger partial charge < -0.3 is 16.4 Å². The van der Waals surface area contributed by atoms with E-state index in [0.717, 1.165) is 12.0 Å². The number of hydrogen-bond acceptors (Lipinski definition) is 3. The molecule has 0 heterocycles. The Balaban J connectivity index is 0.00000576. The second-order valence-corrected chi connectivity index (χ2v) is 6.85. The van der Waals surface area contributed by atoms with Gasteiger partial charge in [0.2, 0.25) is 5.91 Å². The van der Waals surface area contributed by atoms with Gasteiger partial charge in [-0.05, 0) is 30.9 Å². The van der Waals surface area contributed by atoms with Crippen LogP contribution in [0.5, 0.6) is 0 Å². The van der Waals surface area contributed by atoms with Crippen LogP contribution in [-0.2, 0) is 4.79 Å². The molecular weight excluding hydrogens is 338 g/mol. The van der Waals surface area contributed by atoms with Gasteiger partial charge in [-0.25, -0.2) is 0 Å². The van der Waals surface area contributed by atoms with Crippen LogP contribution in [0.4, 0.5) is 0 Å². The van der Waals surface area contributed by atoms with Gasteiger partial charge in [-0.3, -0.25) is 9.59 Å². The average Bonchev–Trinajstić information content (AvgIpc) is 2.57. The number of amides is 2. The van der Waals surface area contributed by atoms with Crippen LogP contribution in [0.3, 0.4) is 0 Å². The van der Waals surface area contributed by atoms with Crippen molar-refractivity contribution in [3.63, 3.8) is 0 Å². The molecule has 0 aromatic heterocycles. The number of nitrogens with two attached hydrogens (primary N) is 1. The van der Waals surface area contributed by atoms with Gasteiger partial charge in [0, 0.05) is 18.2 Å². The van der Waals surface area contributed by atoms with Crippen LogP contribution in [0.2, 0.25) is 0 Å². The Labute approximate surface area is 157 Å². The number of benzene rings is 1. The molecule has 0 saturated heterocycles. The molecule has 5 nitrogen and oxygen atoms in total. The number of nitrogens with one attached hydrogen (secondary N) is 2. The normalized spacial score (nSPS) is 14.2. The zero-order chi connectivity index (χ0) is 18.3. The molecule has 0 bridgehead atoms. The smallest absolute Gasteiger partial charge is 0.251 e. The highest BCUT2D eigenvalue weighted by Gasteiger charge is 2.24. The molecule has 25 heavy (non-hydrogen) atoms. The molecule has 1 aromatic carbocycles. The number of halogens is 1. The van der Waals surface area contributed by atoms with E-state index in [4.69, 9.17) is 5.73 Å². The quantitative estimate of drug-likeness (QED) is 0.658. The summed E-state index contributed by atoms with van der Waals surface area (Å²) in [5.41, 5.74) is 7.64. The minimum Gasteiger partial charge on any atom is -0.350 e. The lowest BCUT2D eigenvalue weighted by Crippen LogP contribution is -2.53. The van der Waals surface area contributed by atoms with E-state index in [-0.39, 0.29) is 42.1 Å². The van der Waals surface area contributed by atoms with Gasteiger partial charge in [0.15, 0.2) is 0 Å². The molecule has 1 rings (SSSR count). The summed E-state index contributed by atoms with van der Waals surface area (Å²) in [6.45, 7) is 10.3. The molecule has 0 aliphatic carbocycles. The van der Waals surface area contributed by atoms with Crippen LogP contribution in [0, 0.1) is 18.8 Å². The topological polar surface area (TPSA) is 84.2 Å². The third kappa shape index (κ3) is 7.45. The van der Waals surface area contributed by atoms with Crippen LogP contribution in [0.1, 0.15) is 50.0 Å². The monoisotopic (exact) mass is 369 g/mol. The molecular formula is C19H32ClN3O2. The van der Waals surface area contributed by atoms with Crippen LogP contribution in [-0.4, -0.2) is 30.4 Å². The third-order valence-electron chi connectivity index (χ3n) is 4.48. The summed E-state index contributed by atoms with van der Waals surface area (Å²) in [7, 11) is 0. The molecule has 1 aromatic rings. The predicted molar refractivity (Wildman–Crippen MR) is 105 cm³/mol. The number of hydrogen-bond donors (Lipinski definition) is 3. The molecule has 0 aliphatic heterocycles. The van der Waals surface area contributed by atoms with Gasteiger partial charge in [-0.2, -0.15) is 0 Å². The maximum atomic E-state index is 12.3. The van der Waals surface area contributed by atoms with E-state index in [0.29, 0.717) is 12.1 Å². The van der Waals surface area contributed by atoms with Crippen LogP contribution in [0.25, 0.3) is 0 Å². The Bertz CT molecular complexity index is 546. The summed E-state index contributed by atoms with van der Waals surface area (Å²) >= 11 is 0. The van der Waals surface area contributed by atoms with E-state index in [1.807, 2.05) is 32.9 Å². The SMILES string of the molecule is CCC(C)C(CNC(=O)c1ccc(C)cc1)NC(=O)C(N)C(C)C.Cl. The molecule has 0 aliphatic rings. The Kier molecular flexibility index (Phi) is 10.4. The Morgan fingerprint density at radius 2 is 1.68 bits per heavy atom. The van der Waals surface area contributed by atoms with Crippen molar-refractivity contribution in [3.8, 4) is 0 Å². The van der Waals surface area contributed by atoms with Crippen LogP contribution in [0.15, 0.2) is 24.3 Å². The minimum absolute atomic E-state index is 0. The van der Waals surface area contributed by atoms with Gasteiger partial charge in [0.05, 0.1) is 6.04 Å². The number of rotatable bonds is 8. The molecule has 0 fully saturated rings. The Morgan fingerprint density at radius 3 is 2.16 bits per heavy atom. The first kappa shape index (κ1) is 23.4. The predicted octanol–water partition coefficient (Wildman–Crippen LogP) is 2.66. The Morgan fingerprint density at radius 1 is 1.12 bits per heavy atom. The summed E-state index contributed by atoms with van der Waals surface area (Å²) in [5.74, 6) is 0.0157. The van der Waals surface area contributed by atoms with Crippen molar-refractivity contribution in [1.82, 2.24) is 10.6 Å². The van der Waals surface area contributed by atoms with E-state index in [9.17, 15) is 9.59 Å². The van der Waals surface area contributed by atoms with E-state index in [1.54, 1.807) is 12.1 Å². The summed E-state index contributed by atoms with van der Waals surface area (Å²) in [6.07, 6.45) is 0.905. The fourth-order valence-corrected chi connectivity index (χ4v) is 2.27. The first-order chi connectivity index (χ1) is 11.3. The van der Waals surface area contributed by atoms with E-state index in [2.05, 4.69) is 24.5 Å². The fourth-order valence-electron chi connectivity index (χ4n) is 2.27. The average molecular weight is 370 g/mol. The Hall–Kier alpha value is -1.59. The standard InChI is InChI=1S/C19H31N3O2.ClH/c1-6-14(5)16(22-19(24)17(20)12(2)3)11-21-18(23)15-9-7-13(4)8-10-15;/h7-10,12,14,16-17H,6,11,20H2,1-5H3,(H,21,23)(H,22,24);1H. The highest BCUT2D eigenvalue weighted by molar-refractivity contribution is 5.94. The lowest BCUT2D eigenvalue weighted by atomic mass is 9.97. The molecule has 0 spiro atoms. The van der Waals surface area contributed by atoms with Crippen LogP contribution < -0.4 is 16.4 Å². The molecule has 4 N–H and O–H groups in total. The minimum atomic E-state index is -0.538. The zero-order valence-electron chi connectivity index (χ0n) is 15.8. The van der Waals surface area contributed by atoms with E-state index in [1.165, 1.54) is 0 Å². The molecule has 2 amide bonds. The molecule has 0 radical (unpaired) electrons. The first-order valence-corrected chi connectivity index (χ1v) is 8.67. The van der Waals surface area contributed by atoms with E-state index >= 15 is 0 Å². The number of carbonyl (C=O) groups is 2. The highest BCUT2D eigenvalue weighted by atomic mass is 35.5. The second-order valence-electron chi connectivity index (χ2n) is 6.85. The molecule has 3 unspecified atom stereocenters. The van der Waals surface area contributed by atoms with Crippen LogP contribution >= 0.6 is 12.4 Å². The van der Waals surface area contributed by atoms with Crippen molar-refractivity contribution in [2.24, 2.45) is 17.6 Å². The van der Waals surface area contributed by atoms with Crippen molar-refractivity contribution in [3.05, 3.63) is 35.4 Å². The maximum absolute atomic E-state index is 12.3. The van der Waals surface area contributed by atoms with Gasteiger partial charge in [-0.1, -0.05) is 51.8 Å². The van der Waals surface area contributed by atoms with Crippen molar-refractivity contribution in [2.75, 3.05) is 6.54 Å². The van der Waals surface area contributed by atoms with Gasteiger partial charge in [0.1, 0.15) is 0 Å². The fraction of sp³-hybridized carbons (Fsp3) is 0.579. The highest BCUT2D eigenvalue weighted by Crippen LogP contribution is 2.09. The summed E-state index contributed by atoms with van der Waals surface area (Å²) in [5, 5.41) is 5.90. The molecule has 3 atom stereocenters. The number of carbonyl (C=O) groups excluding carboxylic acids is 2. The zero-order valence-corrected chi connectivity index (χ0v) is 16.7. The lowest BCUT2D eigenvalue weighted by molar-refractivity contribution is -0.124. The van der Waals surface area contributed by atoms with Crippen molar-refractivity contribution < 1.29 is 9.59 Å². The van der Waals surface area contributed by atoms with Gasteiger partial charge in [-0.15, -0.1) is 12.4 Å². The molecule has 142 valence electrons. The largest absolute Gasteiger partial charge is 0.350 e. The third-order valence-corrected chi connectivity index (χ3v) is 4.48. The van der Waals surface area contributed by atoms with Gasteiger partial charge in [0.25, 0.3) is 5.91 Å². The van der Waals surface area contributed by atoms with Crippen molar-refractivity contribution >= 4 is 24.2 Å². The number of aryl methyl sites for hydroxylation is 1. The van der Waals surface area contributed by atoms with Crippen molar-refractivity contribution in [1.29, 1.82) is 0 Å².